The molecule has 5 nitrogen and oxygen atoms in total. The zero-order chi connectivity index (χ0) is 14.5. The Kier molecular flexibility index (Phi) is 4.74. The molecule has 0 aromatic heterocycles. The molecule has 0 aliphatic carbocycles. The van der Waals surface area contributed by atoms with Gasteiger partial charge in [0.05, 0.1) is 6.04 Å². The van der Waals surface area contributed by atoms with Crippen LogP contribution in [0, 0.1) is 5.92 Å². The first-order valence-corrected chi connectivity index (χ1v) is 7.01. The number of carbonyl (C=O) groups excluding carboxylic acids is 2. The summed E-state index contributed by atoms with van der Waals surface area (Å²) in [7, 11) is 0. The van der Waals surface area contributed by atoms with Crippen molar-refractivity contribution in [3.8, 4) is 0 Å². The molecule has 2 amide bonds. The Balaban J connectivity index is 1.98. The van der Waals surface area contributed by atoms with E-state index in [1.165, 1.54) is 0 Å². The van der Waals surface area contributed by atoms with Gasteiger partial charge in [-0.25, -0.2) is 0 Å². The summed E-state index contributed by atoms with van der Waals surface area (Å²) in [6.45, 7) is 4.57. The van der Waals surface area contributed by atoms with Crippen LogP contribution < -0.4 is 16.0 Å². The van der Waals surface area contributed by atoms with Crippen LogP contribution in [0.3, 0.4) is 0 Å². The maximum atomic E-state index is 12.0. The van der Waals surface area contributed by atoms with Gasteiger partial charge >= 0.3 is 0 Å². The quantitative estimate of drug-likeness (QED) is 0.787. The van der Waals surface area contributed by atoms with E-state index in [-0.39, 0.29) is 23.8 Å². The first kappa shape index (κ1) is 14.5. The molecular formula is C15H21N3O2. The summed E-state index contributed by atoms with van der Waals surface area (Å²) in [5, 5.41) is 8.85. The molecule has 1 aliphatic rings. The molecule has 0 bridgehead atoms. The van der Waals surface area contributed by atoms with E-state index in [2.05, 4.69) is 16.0 Å². The van der Waals surface area contributed by atoms with Crippen LogP contribution in [-0.2, 0) is 9.59 Å². The number of anilines is 2. The number of carbonyl (C=O) groups is 2. The molecule has 3 N–H and O–H groups in total. The minimum absolute atomic E-state index is 0.0187. The molecule has 0 spiro atoms. The van der Waals surface area contributed by atoms with Crippen molar-refractivity contribution in [3.05, 3.63) is 24.3 Å². The van der Waals surface area contributed by atoms with E-state index in [0.29, 0.717) is 11.4 Å². The van der Waals surface area contributed by atoms with Gasteiger partial charge in [-0.1, -0.05) is 19.9 Å². The lowest BCUT2D eigenvalue weighted by atomic mass is 10.2. The van der Waals surface area contributed by atoms with Crippen LogP contribution in [-0.4, -0.2) is 24.4 Å². The summed E-state index contributed by atoms with van der Waals surface area (Å²) in [6.07, 6.45) is 1.90. The Morgan fingerprint density at radius 3 is 2.55 bits per heavy atom. The zero-order valence-corrected chi connectivity index (χ0v) is 11.9. The van der Waals surface area contributed by atoms with Gasteiger partial charge < -0.3 is 16.0 Å². The molecule has 1 aliphatic heterocycles. The van der Waals surface area contributed by atoms with Crippen LogP contribution in [0.25, 0.3) is 0 Å². The van der Waals surface area contributed by atoms with Crippen molar-refractivity contribution >= 4 is 23.2 Å². The Morgan fingerprint density at radius 2 is 1.95 bits per heavy atom. The molecule has 108 valence electrons. The third-order valence-corrected chi connectivity index (χ3v) is 3.30. The predicted octanol–water partition coefficient (Wildman–Crippen LogP) is 1.97. The molecule has 1 aromatic rings. The van der Waals surface area contributed by atoms with Crippen LogP contribution in [0.4, 0.5) is 11.4 Å². The van der Waals surface area contributed by atoms with E-state index in [1.807, 2.05) is 32.0 Å². The molecular weight excluding hydrogens is 254 g/mol. The fraction of sp³-hybridized carbons (Fsp3) is 0.467. The molecule has 0 unspecified atom stereocenters. The van der Waals surface area contributed by atoms with Gasteiger partial charge in [0.1, 0.15) is 0 Å². The maximum absolute atomic E-state index is 12.0. The van der Waals surface area contributed by atoms with Crippen molar-refractivity contribution in [2.45, 2.75) is 32.7 Å². The molecule has 20 heavy (non-hydrogen) atoms. The molecule has 1 heterocycles. The largest absolute Gasteiger partial charge is 0.326 e. The first-order chi connectivity index (χ1) is 9.56. The Bertz CT molecular complexity index is 494. The molecule has 5 heteroatoms. The highest BCUT2D eigenvalue weighted by Gasteiger charge is 2.21. The van der Waals surface area contributed by atoms with Crippen LogP contribution in [0.2, 0.25) is 0 Å². The topological polar surface area (TPSA) is 70.2 Å². The van der Waals surface area contributed by atoms with Gasteiger partial charge in [0, 0.05) is 17.3 Å². The molecule has 0 saturated carbocycles. The molecule has 2 rings (SSSR count). The molecule has 1 fully saturated rings. The van der Waals surface area contributed by atoms with Crippen LogP contribution >= 0.6 is 0 Å². The van der Waals surface area contributed by atoms with Crippen LogP contribution in [0.15, 0.2) is 24.3 Å². The van der Waals surface area contributed by atoms with Gasteiger partial charge in [-0.15, -0.1) is 0 Å². The molecule has 0 radical (unpaired) electrons. The summed E-state index contributed by atoms with van der Waals surface area (Å²) in [5.74, 6) is -0.128. The van der Waals surface area contributed by atoms with E-state index in [1.54, 1.807) is 6.07 Å². The summed E-state index contributed by atoms with van der Waals surface area (Å²) >= 11 is 0. The van der Waals surface area contributed by atoms with Gasteiger partial charge in [-0.2, -0.15) is 0 Å². The summed E-state index contributed by atoms with van der Waals surface area (Å²) in [4.78, 5) is 23.6. The number of nitrogens with one attached hydrogen (secondary N) is 3. The van der Waals surface area contributed by atoms with Gasteiger partial charge in [-0.05, 0) is 37.6 Å². The normalized spacial score (nSPS) is 18.1. The van der Waals surface area contributed by atoms with E-state index >= 15 is 0 Å². The van der Waals surface area contributed by atoms with Gasteiger partial charge in [-0.3, -0.25) is 9.59 Å². The Labute approximate surface area is 119 Å². The second-order valence-corrected chi connectivity index (χ2v) is 5.36. The standard InChI is InChI=1S/C15H21N3O2/c1-10(2)14(19)17-11-5-3-6-12(9-11)18-15(20)13-7-4-8-16-13/h3,5-6,9-10,13,16H,4,7-8H2,1-2H3,(H,17,19)(H,18,20)/t13-/m1/s1. The summed E-state index contributed by atoms with van der Waals surface area (Å²) < 4.78 is 0. The van der Waals surface area contributed by atoms with Crippen molar-refractivity contribution in [2.24, 2.45) is 5.92 Å². The monoisotopic (exact) mass is 275 g/mol. The predicted molar refractivity (Wildman–Crippen MR) is 79.6 cm³/mol. The average Bonchev–Trinajstić information content (AvgIpc) is 2.92. The smallest absolute Gasteiger partial charge is 0.241 e. The lowest BCUT2D eigenvalue weighted by Crippen LogP contribution is -2.35. The molecule has 1 aromatic carbocycles. The zero-order valence-electron chi connectivity index (χ0n) is 11.9. The van der Waals surface area contributed by atoms with Crippen LogP contribution in [0.1, 0.15) is 26.7 Å². The van der Waals surface area contributed by atoms with Crippen molar-refractivity contribution in [2.75, 3.05) is 17.2 Å². The summed E-state index contributed by atoms with van der Waals surface area (Å²) in [6, 6.07) is 7.10. The van der Waals surface area contributed by atoms with Crippen molar-refractivity contribution < 1.29 is 9.59 Å². The van der Waals surface area contributed by atoms with E-state index in [0.717, 1.165) is 19.4 Å². The third-order valence-electron chi connectivity index (χ3n) is 3.30. The highest BCUT2D eigenvalue weighted by molar-refractivity contribution is 5.96. The first-order valence-electron chi connectivity index (χ1n) is 7.01. The summed E-state index contributed by atoms with van der Waals surface area (Å²) in [5.41, 5.74) is 1.39. The second-order valence-electron chi connectivity index (χ2n) is 5.36. The SMILES string of the molecule is CC(C)C(=O)Nc1cccc(NC(=O)[C@H]2CCCN2)c1. The highest BCUT2D eigenvalue weighted by Crippen LogP contribution is 2.17. The van der Waals surface area contributed by atoms with Crippen molar-refractivity contribution in [1.82, 2.24) is 5.32 Å². The fourth-order valence-electron chi connectivity index (χ4n) is 2.10. The van der Waals surface area contributed by atoms with E-state index in [9.17, 15) is 9.59 Å². The Hall–Kier alpha value is -1.88. The van der Waals surface area contributed by atoms with Crippen LogP contribution in [0.5, 0.6) is 0 Å². The molecule has 1 saturated heterocycles. The lowest BCUT2D eigenvalue weighted by molar-refractivity contribution is -0.119. The van der Waals surface area contributed by atoms with Gasteiger partial charge in [0.15, 0.2) is 0 Å². The lowest BCUT2D eigenvalue weighted by Gasteiger charge is -2.13. The fourth-order valence-corrected chi connectivity index (χ4v) is 2.10. The maximum Gasteiger partial charge on any atom is 0.241 e. The number of rotatable bonds is 4. The number of amides is 2. The molecule has 1 atom stereocenters. The minimum atomic E-state index is -0.107. The minimum Gasteiger partial charge on any atom is -0.326 e. The third kappa shape index (κ3) is 3.81. The van der Waals surface area contributed by atoms with Gasteiger partial charge in [0.2, 0.25) is 11.8 Å². The number of benzene rings is 1. The van der Waals surface area contributed by atoms with E-state index in [4.69, 9.17) is 0 Å². The van der Waals surface area contributed by atoms with Crippen molar-refractivity contribution in [3.63, 3.8) is 0 Å². The average molecular weight is 275 g/mol. The number of hydrogen-bond donors (Lipinski definition) is 3. The van der Waals surface area contributed by atoms with Gasteiger partial charge in [0.25, 0.3) is 0 Å². The van der Waals surface area contributed by atoms with E-state index < -0.39 is 0 Å². The van der Waals surface area contributed by atoms with Crippen molar-refractivity contribution in [1.29, 1.82) is 0 Å². The Morgan fingerprint density at radius 1 is 1.25 bits per heavy atom. The second kappa shape index (κ2) is 6.52. The highest BCUT2D eigenvalue weighted by atomic mass is 16.2. The number of hydrogen-bond acceptors (Lipinski definition) is 3.